The van der Waals surface area contributed by atoms with E-state index in [1.54, 1.807) is 12.3 Å². The zero-order chi connectivity index (χ0) is 11.8. The van der Waals surface area contributed by atoms with Crippen molar-refractivity contribution in [3.8, 4) is 0 Å². The molecule has 3 heterocycles. The van der Waals surface area contributed by atoms with Crippen molar-refractivity contribution in [3.63, 3.8) is 0 Å². The number of aromatic nitrogens is 1. The fraction of sp³-hybridized carbons (Fsp3) is 0.615. The summed E-state index contributed by atoms with van der Waals surface area (Å²) in [6, 6.07) is 2.07. The van der Waals surface area contributed by atoms with Gasteiger partial charge in [-0.15, -0.1) is 0 Å². The highest BCUT2D eigenvalue weighted by molar-refractivity contribution is 5.15. The van der Waals surface area contributed by atoms with Crippen LogP contribution in [0.5, 0.6) is 0 Å². The normalized spacial score (nSPS) is 32.9. The molecular formula is C13H17FN2O. The Bertz CT molecular complexity index is 412. The first kappa shape index (κ1) is 11.1. The van der Waals surface area contributed by atoms with Crippen LogP contribution in [-0.2, 0) is 4.74 Å². The van der Waals surface area contributed by atoms with Gasteiger partial charge < -0.3 is 10.1 Å². The highest BCUT2D eigenvalue weighted by Gasteiger charge is 2.40. The van der Waals surface area contributed by atoms with E-state index in [1.807, 2.05) is 6.92 Å². The van der Waals surface area contributed by atoms with E-state index < -0.39 is 0 Å². The monoisotopic (exact) mass is 236 g/mol. The standard InChI is InChI=1S/C13H17FN2O/c1-8(9-4-10(14)7-15-6-9)16-12-5-11-2-3-13(12)17-11/h4,6-8,11-13,16H,2-3,5H2,1H3. The van der Waals surface area contributed by atoms with Gasteiger partial charge in [0.25, 0.3) is 0 Å². The first-order valence-corrected chi connectivity index (χ1v) is 6.24. The molecule has 4 atom stereocenters. The summed E-state index contributed by atoms with van der Waals surface area (Å²) < 4.78 is 18.9. The lowest BCUT2D eigenvalue weighted by molar-refractivity contribution is 0.0962. The average molecular weight is 236 g/mol. The molecular weight excluding hydrogens is 219 g/mol. The lowest BCUT2D eigenvalue weighted by Crippen LogP contribution is -2.39. The number of ether oxygens (including phenoxy) is 1. The Morgan fingerprint density at radius 1 is 1.47 bits per heavy atom. The van der Waals surface area contributed by atoms with Crippen molar-refractivity contribution >= 4 is 0 Å². The maximum Gasteiger partial charge on any atom is 0.141 e. The molecule has 92 valence electrons. The molecule has 0 saturated carbocycles. The van der Waals surface area contributed by atoms with Gasteiger partial charge in [0, 0.05) is 18.3 Å². The van der Waals surface area contributed by atoms with Crippen LogP contribution in [0, 0.1) is 5.82 Å². The van der Waals surface area contributed by atoms with Crippen LogP contribution in [0.4, 0.5) is 4.39 Å². The van der Waals surface area contributed by atoms with Gasteiger partial charge in [-0.1, -0.05) is 0 Å². The lowest BCUT2D eigenvalue weighted by Gasteiger charge is -2.24. The average Bonchev–Trinajstić information content (AvgIpc) is 2.91. The van der Waals surface area contributed by atoms with Crippen molar-refractivity contribution in [2.45, 2.75) is 50.5 Å². The first-order valence-electron chi connectivity index (χ1n) is 6.24. The van der Waals surface area contributed by atoms with Crippen molar-refractivity contribution in [3.05, 3.63) is 29.8 Å². The number of hydrogen-bond donors (Lipinski definition) is 1. The predicted molar refractivity (Wildman–Crippen MR) is 62.0 cm³/mol. The maximum atomic E-state index is 13.1. The summed E-state index contributed by atoms with van der Waals surface area (Å²) in [5.41, 5.74) is 0.896. The largest absolute Gasteiger partial charge is 0.373 e. The third-order valence-corrected chi connectivity index (χ3v) is 3.80. The molecule has 2 aliphatic heterocycles. The molecule has 4 heteroatoms. The van der Waals surface area contributed by atoms with E-state index >= 15 is 0 Å². The lowest BCUT2D eigenvalue weighted by atomic mass is 9.94. The predicted octanol–water partition coefficient (Wildman–Crippen LogP) is 2.19. The topological polar surface area (TPSA) is 34.1 Å². The molecule has 1 aromatic heterocycles. The van der Waals surface area contributed by atoms with E-state index in [-0.39, 0.29) is 11.9 Å². The molecule has 1 aromatic rings. The SMILES string of the molecule is CC(NC1CC2CCC1O2)c1cncc(F)c1. The maximum absolute atomic E-state index is 13.1. The van der Waals surface area contributed by atoms with Gasteiger partial charge in [0.15, 0.2) is 0 Å². The van der Waals surface area contributed by atoms with Crippen LogP contribution in [0.2, 0.25) is 0 Å². The number of halogens is 1. The minimum atomic E-state index is -0.277. The Morgan fingerprint density at radius 2 is 2.35 bits per heavy atom. The Kier molecular flexibility index (Phi) is 2.84. The molecule has 1 N–H and O–H groups in total. The van der Waals surface area contributed by atoms with E-state index in [0.717, 1.165) is 18.4 Å². The molecule has 0 aromatic carbocycles. The van der Waals surface area contributed by atoms with Gasteiger partial charge in [-0.3, -0.25) is 4.98 Å². The number of rotatable bonds is 3. The van der Waals surface area contributed by atoms with Crippen molar-refractivity contribution in [2.24, 2.45) is 0 Å². The van der Waals surface area contributed by atoms with Gasteiger partial charge in [-0.2, -0.15) is 0 Å². The summed E-state index contributed by atoms with van der Waals surface area (Å²) in [6.45, 7) is 2.04. The Morgan fingerprint density at radius 3 is 3.00 bits per heavy atom. The van der Waals surface area contributed by atoms with E-state index in [9.17, 15) is 4.39 Å². The van der Waals surface area contributed by atoms with E-state index in [2.05, 4.69) is 10.3 Å². The Hall–Kier alpha value is -1.00. The third kappa shape index (κ3) is 2.19. The zero-order valence-corrected chi connectivity index (χ0v) is 9.90. The summed E-state index contributed by atoms with van der Waals surface area (Å²) >= 11 is 0. The van der Waals surface area contributed by atoms with Crippen LogP contribution >= 0.6 is 0 Å². The van der Waals surface area contributed by atoms with Gasteiger partial charge in [-0.25, -0.2) is 4.39 Å². The summed E-state index contributed by atoms with van der Waals surface area (Å²) in [6.07, 6.45) is 7.16. The van der Waals surface area contributed by atoms with Crippen molar-refractivity contribution in [1.29, 1.82) is 0 Å². The summed E-state index contributed by atoms with van der Waals surface area (Å²) in [4.78, 5) is 3.88. The number of nitrogens with one attached hydrogen (secondary N) is 1. The molecule has 0 aliphatic carbocycles. The van der Waals surface area contributed by atoms with Crippen LogP contribution in [-0.4, -0.2) is 23.2 Å². The van der Waals surface area contributed by atoms with Crippen LogP contribution in [0.25, 0.3) is 0 Å². The molecule has 2 bridgehead atoms. The van der Waals surface area contributed by atoms with Crippen LogP contribution in [0.1, 0.15) is 37.8 Å². The number of nitrogens with zero attached hydrogens (tertiary/aromatic N) is 1. The van der Waals surface area contributed by atoms with Crippen LogP contribution < -0.4 is 5.32 Å². The number of hydrogen-bond acceptors (Lipinski definition) is 3. The van der Waals surface area contributed by atoms with Gasteiger partial charge in [0.05, 0.1) is 18.4 Å². The second kappa shape index (κ2) is 4.35. The van der Waals surface area contributed by atoms with Crippen molar-refractivity contribution in [2.75, 3.05) is 0 Å². The minimum absolute atomic E-state index is 0.117. The zero-order valence-electron chi connectivity index (χ0n) is 9.90. The molecule has 3 rings (SSSR count). The number of pyridine rings is 1. The minimum Gasteiger partial charge on any atom is -0.373 e. The number of fused-ring (bicyclic) bond motifs is 2. The van der Waals surface area contributed by atoms with Gasteiger partial charge in [0.2, 0.25) is 0 Å². The molecule has 0 amide bonds. The molecule has 0 spiro atoms. The highest BCUT2D eigenvalue weighted by Crippen LogP contribution is 2.35. The second-order valence-corrected chi connectivity index (χ2v) is 5.04. The van der Waals surface area contributed by atoms with Crippen LogP contribution in [0.3, 0.4) is 0 Å². The third-order valence-electron chi connectivity index (χ3n) is 3.80. The summed E-state index contributed by atoms with van der Waals surface area (Å²) in [5, 5.41) is 3.52. The summed E-state index contributed by atoms with van der Waals surface area (Å²) in [5.74, 6) is -0.277. The molecule has 4 unspecified atom stereocenters. The van der Waals surface area contributed by atoms with E-state index in [1.165, 1.54) is 12.6 Å². The van der Waals surface area contributed by atoms with Crippen LogP contribution in [0.15, 0.2) is 18.5 Å². The Balaban J connectivity index is 1.65. The summed E-state index contributed by atoms with van der Waals surface area (Å²) in [7, 11) is 0. The van der Waals surface area contributed by atoms with Gasteiger partial charge in [0.1, 0.15) is 5.82 Å². The van der Waals surface area contributed by atoms with Crippen molar-refractivity contribution < 1.29 is 9.13 Å². The van der Waals surface area contributed by atoms with Crippen molar-refractivity contribution in [1.82, 2.24) is 10.3 Å². The molecule has 2 aliphatic rings. The quantitative estimate of drug-likeness (QED) is 0.873. The first-order chi connectivity index (χ1) is 8.22. The molecule has 3 nitrogen and oxygen atoms in total. The molecule has 0 radical (unpaired) electrons. The molecule has 17 heavy (non-hydrogen) atoms. The highest BCUT2D eigenvalue weighted by atomic mass is 19.1. The van der Waals surface area contributed by atoms with Gasteiger partial charge in [-0.05, 0) is 37.8 Å². The fourth-order valence-corrected chi connectivity index (χ4v) is 2.90. The van der Waals surface area contributed by atoms with Gasteiger partial charge >= 0.3 is 0 Å². The van der Waals surface area contributed by atoms with E-state index in [4.69, 9.17) is 4.74 Å². The molecule has 2 saturated heterocycles. The Labute approximate surface area is 100 Å². The fourth-order valence-electron chi connectivity index (χ4n) is 2.90. The molecule has 2 fully saturated rings. The van der Waals surface area contributed by atoms with E-state index in [0.29, 0.717) is 18.2 Å². The smallest absolute Gasteiger partial charge is 0.141 e. The second-order valence-electron chi connectivity index (χ2n) is 5.04.